The summed E-state index contributed by atoms with van der Waals surface area (Å²) in [4.78, 5) is 0. The van der Waals surface area contributed by atoms with Crippen molar-refractivity contribution in [1.29, 1.82) is 0 Å². The quantitative estimate of drug-likeness (QED) is 0.584. The van der Waals surface area contributed by atoms with Gasteiger partial charge in [0.25, 0.3) is 0 Å². The van der Waals surface area contributed by atoms with Gasteiger partial charge in [0.2, 0.25) is 0 Å². The van der Waals surface area contributed by atoms with Crippen LogP contribution in [0, 0.1) is 0 Å². The molecule has 1 radical (unpaired) electrons. The largest absolute Gasteiger partial charge is 0.147 e. The average Bonchev–Trinajstić information content (AvgIpc) is 1.27. The molecule has 51 valence electrons. The molecule has 0 spiro atoms. The van der Waals surface area contributed by atoms with Gasteiger partial charge in [-0.1, -0.05) is 0 Å². The summed E-state index contributed by atoms with van der Waals surface area (Å²) in [5.41, 5.74) is -0.634. The van der Waals surface area contributed by atoms with E-state index < -0.39 is 26.6 Å². The third-order valence-corrected chi connectivity index (χ3v) is 2.11. The Hall–Kier alpha value is 1.12. The smallest absolute Gasteiger partial charge is 0.147 e. The van der Waals surface area contributed by atoms with Crippen molar-refractivity contribution in [3.63, 3.8) is 0 Å². The maximum Gasteiger partial charge on any atom is -0.147 e. The molecule has 6 heteroatoms. The van der Waals surface area contributed by atoms with E-state index in [4.69, 9.17) is 15.0 Å². The summed E-state index contributed by atoms with van der Waals surface area (Å²) < 4.78 is 22.0. The van der Waals surface area contributed by atoms with E-state index in [1.807, 2.05) is 0 Å². The van der Waals surface area contributed by atoms with Crippen LogP contribution in [0.2, 0.25) is 0 Å². The Morgan fingerprint density at radius 2 is 2.25 bits per heavy atom. The molecule has 0 aliphatic heterocycles. The molecule has 0 rings (SSSR count). The summed E-state index contributed by atoms with van der Waals surface area (Å²) in [5.74, 6) is 0. The van der Waals surface area contributed by atoms with E-state index in [-0.39, 0.29) is 12.4 Å². The number of hydrogen-bond donors (Lipinski definition) is 1. The van der Waals surface area contributed by atoms with Crippen LogP contribution in [-0.2, 0) is 6.03 Å². The first kappa shape index (κ1) is 11.9. The zero-order valence-corrected chi connectivity index (χ0v) is 8.20. The Labute approximate surface area is 66.9 Å². The molecule has 0 fully saturated rings. The van der Waals surface area contributed by atoms with Crippen LogP contribution in [0.5, 0.6) is 0 Å². The Kier molecular flexibility index (Phi) is 9.25. The van der Waals surface area contributed by atoms with Crippen molar-refractivity contribution in [3.05, 3.63) is 0 Å². The molecule has 8 heavy (non-hydrogen) atoms. The molecule has 0 saturated heterocycles. The third-order valence-electron chi connectivity index (χ3n) is 0.235. The summed E-state index contributed by atoms with van der Waals surface area (Å²) >= 11 is 1.67. The molecule has 3 nitrogen and oxygen atoms in total. The second-order valence-electron chi connectivity index (χ2n) is 0.886. The Morgan fingerprint density at radius 1 is 1.88 bits per heavy atom. The maximum absolute atomic E-state index is 9.77. The van der Waals surface area contributed by atoms with Gasteiger partial charge in [-0.3, -0.25) is 0 Å². The van der Waals surface area contributed by atoms with Gasteiger partial charge in [-0.15, -0.1) is 12.4 Å². The SMILES string of the molecule is CC(Cl)[O][Sb](=[O])[OH].Cl. The van der Waals surface area contributed by atoms with Gasteiger partial charge in [-0.25, -0.2) is 0 Å². The Balaban J connectivity index is 0. The van der Waals surface area contributed by atoms with E-state index in [1.54, 1.807) is 0 Å². The molecule has 0 aliphatic carbocycles. The van der Waals surface area contributed by atoms with Gasteiger partial charge in [0.1, 0.15) is 0 Å². The van der Waals surface area contributed by atoms with Crippen molar-refractivity contribution in [2.45, 2.75) is 12.5 Å². The zero-order valence-electron chi connectivity index (χ0n) is 4.07. The van der Waals surface area contributed by atoms with Gasteiger partial charge >= 0.3 is 54.5 Å². The first-order valence-electron chi connectivity index (χ1n) is 1.60. The molecule has 0 aromatic heterocycles. The monoisotopic (exact) mass is 269 g/mol. The fourth-order valence-electron chi connectivity index (χ4n) is 0.124. The van der Waals surface area contributed by atoms with Crippen molar-refractivity contribution in [2.24, 2.45) is 0 Å². The molecule has 1 atom stereocenters. The van der Waals surface area contributed by atoms with E-state index in [1.165, 1.54) is 6.92 Å². The van der Waals surface area contributed by atoms with Gasteiger partial charge in [-0.05, 0) is 0 Å². The Morgan fingerprint density at radius 3 is 2.25 bits per heavy atom. The van der Waals surface area contributed by atoms with Crippen LogP contribution in [0.25, 0.3) is 0 Å². The summed E-state index contributed by atoms with van der Waals surface area (Å²) in [7, 11) is 0. The van der Waals surface area contributed by atoms with Gasteiger partial charge in [0.15, 0.2) is 0 Å². The molecule has 0 aliphatic rings. The molecule has 0 amide bonds. The second-order valence-corrected chi connectivity index (χ2v) is 3.46. The van der Waals surface area contributed by atoms with Crippen molar-refractivity contribution in [1.82, 2.24) is 0 Å². The molecule has 1 unspecified atom stereocenters. The van der Waals surface area contributed by atoms with Crippen LogP contribution in [0.1, 0.15) is 6.92 Å². The summed E-state index contributed by atoms with van der Waals surface area (Å²) in [6.07, 6.45) is 0. The summed E-state index contributed by atoms with van der Waals surface area (Å²) in [6.45, 7) is 1.49. The van der Waals surface area contributed by atoms with Crippen molar-refractivity contribution < 1.29 is 9.42 Å². The van der Waals surface area contributed by atoms with Crippen molar-refractivity contribution in [2.75, 3.05) is 0 Å². The summed E-state index contributed by atoms with van der Waals surface area (Å²) in [6, 6.07) is 0. The molecule has 0 aromatic carbocycles. The molecule has 1 N–H and O–H groups in total. The van der Waals surface area contributed by atoms with E-state index in [2.05, 4.69) is 3.02 Å². The predicted octanol–water partition coefficient (Wildman–Crippen LogP) is 0.417. The molecule has 0 bridgehead atoms. The number of rotatable bonds is 2. The summed E-state index contributed by atoms with van der Waals surface area (Å²) in [5, 5.41) is 0. The van der Waals surface area contributed by atoms with Gasteiger partial charge in [0, 0.05) is 0 Å². The maximum atomic E-state index is 9.77. The molecule has 0 saturated carbocycles. The standard InChI is InChI=1S/C2H4ClO.ClH.H2O.O.Sb/c1-2(3)4;;;;/h2H,1H3;1H;1H2;;/q-1;;;;+2/p-1. The van der Waals surface area contributed by atoms with Crippen LogP contribution >= 0.6 is 24.0 Å². The number of alkyl halides is 1. The first-order chi connectivity index (χ1) is 3.13. The second kappa shape index (κ2) is 6.24. The minimum absolute atomic E-state index is 0. The fourth-order valence-corrected chi connectivity index (χ4v) is 1.29. The van der Waals surface area contributed by atoms with Gasteiger partial charge < -0.3 is 0 Å². The van der Waals surface area contributed by atoms with Crippen LogP contribution in [0.3, 0.4) is 0 Å². The minimum Gasteiger partial charge on any atom is -0.147 e. The molecular weight excluding hydrogens is 265 g/mol. The normalized spacial score (nSPS) is 11.9. The van der Waals surface area contributed by atoms with Crippen molar-refractivity contribution >= 4 is 45.0 Å². The topological polar surface area (TPSA) is 46.5 Å². The van der Waals surface area contributed by atoms with Crippen LogP contribution in [0.4, 0.5) is 0 Å². The van der Waals surface area contributed by atoms with E-state index >= 15 is 0 Å². The van der Waals surface area contributed by atoms with Crippen LogP contribution in [-0.4, -0.2) is 30.0 Å². The van der Waals surface area contributed by atoms with Crippen LogP contribution in [0.15, 0.2) is 0 Å². The number of halogens is 2. The molecular formula is C2H6Cl2O3Sb. The van der Waals surface area contributed by atoms with Crippen LogP contribution < -0.4 is 0 Å². The molecule has 0 heterocycles. The number of hydrogen-bond acceptors (Lipinski definition) is 2. The first-order valence-corrected chi connectivity index (χ1v) is 5.26. The predicted molar refractivity (Wildman–Crippen MR) is 32.3 cm³/mol. The van der Waals surface area contributed by atoms with E-state index in [0.717, 1.165) is 0 Å². The van der Waals surface area contributed by atoms with E-state index in [9.17, 15) is 3.02 Å². The minimum atomic E-state index is -3.46. The average molecular weight is 271 g/mol. The van der Waals surface area contributed by atoms with E-state index in [0.29, 0.717) is 0 Å². The van der Waals surface area contributed by atoms with Gasteiger partial charge in [-0.2, -0.15) is 0 Å². The van der Waals surface area contributed by atoms with Gasteiger partial charge in [0.05, 0.1) is 0 Å². The third kappa shape index (κ3) is 10.2. The zero-order chi connectivity index (χ0) is 5.86. The van der Waals surface area contributed by atoms with Crippen molar-refractivity contribution in [3.8, 4) is 0 Å². The molecule has 0 aromatic rings. The Bertz CT molecular complexity index is 75.7. The fraction of sp³-hybridized carbons (Fsp3) is 1.00.